The summed E-state index contributed by atoms with van der Waals surface area (Å²) in [4.78, 5) is 16.3. The maximum atomic E-state index is 11.5. The monoisotopic (exact) mass is 364 g/mol. The van der Waals surface area contributed by atoms with Gasteiger partial charge in [-0.25, -0.2) is 4.98 Å². The molecule has 0 radical (unpaired) electrons. The van der Waals surface area contributed by atoms with Crippen LogP contribution >= 0.6 is 11.8 Å². The van der Waals surface area contributed by atoms with Crippen molar-refractivity contribution < 1.29 is 9.53 Å². The molecule has 4 aromatic rings. The average Bonchev–Trinajstić information content (AvgIpc) is 3.11. The van der Waals surface area contributed by atoms with Crippen molar-refractivity contribution in [2.24, 2.45) is 0 Å². The van der Waals surface area contributed by atoms with Gasteiger partial charge in [-0.1, -0.05) is 54.2 Å². The van der Waals surface area contributed by atoms with E-state index in [-0.39, 0.29) is 11.7 Å². The maximum absolute atomic E-state index is 11.5. The zero-order chi connectivity index (χ0) is 17.9. The van der Waals surface area contributed by atoms with Crippen molar-refractivity contribution in [3.8, 4) is 0 Å². The number of nitrogens with zero attached hydrogens (tertiary/aromatic N) is 4. The summed E-state index contributed by atoms with van der Waals surface area (Å²) < 4.78 is 6.66. The number of para-hydroxylation sites is 1. The highest BCUT2D eigenvalue weighted by Gasteiger charge is 2.16. The van der Waals surface area contributed by atoms with Gasteiger partial charge in [-0.05, 0) is 17.7 Å². The van der Waals surface area contributed by atoms with Crippen LogP contribution in [0.1, 0.15) is 11.4 Å². The van der Waals surface area contributed by atoms with E-state index in [4.69, 9.17) is 9.72 Å². The Morgan fingerprint density at radius 3 is 2.65 bits per heavy atom. The molecule has 0 fully saturated rings. The molecule has 0 saturated carbocycles. The molecule has 0 N–H and O–H groups in total. The lowest BCUT2D eigenvalue weighted by Gasteiger charge is -2.09. The summed E-state index contributed by atoms with van der Waals surface area (Å²) in [5, 5.41) is 10.2. The van der Waals surface area contributed by atoms with E-state index in [0.29, 0.717) is 11.6 Å². The third kappa shape index (κ3) is 3.13. The molecular formula is C19H16N4O2S. The van der Waals surface area contributed by atoms with Crippen LogP contribution in [0.2, 0.25) is 0 Å². The SMILES string of the molecule is COC(=O)CSc1nnc2c3ccccc3nc(Cc3ccccc3)n12. The second-order valence-corrected chi connectivity index (χ2v) is 6.66. The van der Waals surface area contributed by atoms with E-state index >= 15 is 0 Å². The lowest BCUT2D eigenvalue weighted by Crippen LogP contribution is -2.07. The highest BCUT2D eigenvalue weighted by Crippen LogP contribution is 2.25. The Morgan fingerprint density at radius 2 is 1.85 bits per heavy atom. The molecule has 26 heavy (non-hydrogen) atoms. The fourth-order valence-electron chi connectivity index (χ4n) is 2.80. The molecule has 7 heteroatoms. The van der Waals surface area contributed by atoms with Gasteiger partial charge in [0.05, 0.1) is 18.4 Å². The first-order valence-corrected chi connectivity index (χ1v) is 9.11. The number of carbonyl (C=O) groups excluding carboxylic acids is 1. The molecule has 0 spiro atoms. The quantitative estimate of drug-likeness (QED) is 0.400. The predicted octanol–water partition coefficient (Wildman–Crippen LogP) is 3.13. The third-order valence-corrected chi connectivity index (χ3v) is 4.94. The van der Waals surface area contributed by atoms with E-state index in [1.54, 1.807) is 0 Å². The van der Waals surface area contributed by atoms with E-state index < -0.39 is 0 Å². The molecule has 2 aromatic heterocycles. The molecule has 6 nitrogen and oxygen atoms in total. The molecule has 0 aliphatic rings. The number of rotatable bonds is 5. The zero-order valence-corrected chi connectivity index (χ0v) is 14.9. The molecule has 0 atom stereocenters. The molecule has 2 heterocycles. The standard InChI is InChI=1S/C19H16N4O2S/c1-25-17(24)12-26-19-22-21-18-14-9-5-6-10-15(14)20-16(23(18)19)11-13-7-3-2-4-8-13/h2-10H,11-12H2,1H3. The van der Waals surface area contributed by atoms with Crippen molar-refractivity contribution in [3.63, 3.8) is 0 Å². The molecule has 0 aliphatic carbocycles. The Hall–Kier alpha value is -2.93. The van der Waals surface area contributed by atoms with Crippen LogP contribution in [0, 0.1) is 0 Å². The van der Waals surface area contributed by atoms with Crippen LogP contribution in [0.15, 0.2) is 59.8 Å². The smallest absolute Gasteiger partial charge is 0.316 e. The van der Waals surface area contributed by atoms with E-state index in [9.17, 15) is 4.79 Å². The first kappa shape index (κ1) is 16.5. The van der Waals surface area contributed by atoms with Gasteiger partial charge < -0.3 is 4.74 Å². The molecule has 0 aliphatic heterocycles. The molecule has 0 bridgehead atoms. The van der Waals surface area contributed by atoms with Crippen molar-refractivity contribution in [2.45, 2.75) is 11.6 Å². The Labute approximate surface area is 154 Å². The van der Waals surface area contributed by atoms with Crippen molar-refractivity contribution in [1.29, 1.82) is 0 Å². The number of thioether (sulfide) groups is 1. The zero-order valence-electron chi connectivity index (χ0n) is 14.1. The van der Waals surface area contributed by atoms with Gasteiger partial charge in [-0.2, -0.15) is 0 Å². The third-order valence-electron chi connectivity index (χ3n) is 4.04. The summed E-state index contributed by atoms with van der Waals surface area (Å²) in [7, 11) is 1.38. The van der Waals surface area contributed by atoms with E-state index in [1.807, 2.05) is 46.9 Å². The van der Waals surface area contributed by atoms with Gasteiger partial charge in [0.15, 0.2) is 10.8 Å². The first-order chi connectivity index (χ1) is 12.8. The number of hydrogen-bond acceptors (Lipinski definition) is 6. The minimum absolute atomic E-state index is 0.175. The molecule has 0 amide bonds. The Morgan fingerprint density at radius 1 is 1.08 bits per heavy atom. The first-order valence-electron chi connectivity index (χ1n) is 8.12. The predicted molar refractivity (Wildman–Crippen MR) is 100 cm³/mol. The van der Waals surface area contributed by atoms with Crippen molar-refractivity contribution in [3.05, 3.63) is 66.0 Å². The summed E-state index contributed by atoms with van der Waals surface area (Å²) in [5.74, 6) is 0.710. The molecule has 2 aromatic carbocycles. The average molecular weight is 364 g/mol. The number of ether oxygens (including phenoxy) is 1. The number of esters is 1. The Kier molecular flexibility index (Phi) is 4.53. The van der Waals surface area contributed by atoms with Gasteiger partial charge in [0.1, 0.15) is 5.82 Å². The van der Waals surface area contributed by atoms with Crippen molar-refractivity contribution in [2.75, 3.05) is 12.9 Å². The minimum Gasteiger partial charge on any atom is -0.468 e. The van der Waals surface area contributed by atoms with Crippen LogP contribution in [-0.2, 0) is 16.0 Å². The fraction of sp³-hybridized carbons (Fsp3) is 0.158. The lowest BCUT2D eigenvalue weighted by atomic mass is 10.1. The van der Waals surface area contributed by atoms with Crippen LogP contribution in [0.4, 0.5) is 0 Å². The summed E-state index contributed by atoms with van der Waals surface area (Å²) in [6.45, 7) is 0. The van der Waals surface area contributed by atoms with Crippen molar-refractivity contribution >= 4 is 34.3 Å². The lowest BCUT2D eigenvalue weighted by molar-refractivity contribution is -0.137. The van der Waals surface area contributed by atoms with Gasteiger partial charge >= 0.3 is 5.97 Å². The highest BCUT2D eigenvalue weighted by atomic mass is 32.2. The summed E-state index contributed by atoms with van der Waals surface area (Å²) in [6, 6.07) is 18.0. The Balaban J connectivity index is 1.85. The summed E-state index contributed by atoms with van der Waals surface area (Å²) in [5.41, 5.74) is 2.77. The van der Waals surface area contributed by atoms with Gasteiger partial charge in [0.2, 0.25) is 0 Å². The summed E-state index contributed by atoms with van der Waals surface area (Å²) in [6.07, 6.45) is 0.645. The molecule has 130 valence electrons. The molecule has 0 unspecified atom stereocenters. The number of hydrogen-bond donors (Lipinski definition) is 0. The number of benzene rings is 2. The van der Waals surface area contributed by atoms with Gasteiger partial charge in [-0.15, -0.1) is 10.2 Å². The second-order valence-electron chi connectivity index (χ2n) is 5.71. The molecule has 0 saturated heterocycles. The van der Waals surface area contributed by atoms with Crippen LogP contribution in [0.3, 0.4) is 0 Å². The topological polar surface area (TPSA) is 69.4 Å². The minimum atomic E-state index is -0.301. The van der Waals surface area contributed by atoms with Crippen molar-refractivity contribution in [1.82, 2.24) is 19.6 Å². The number of aromatic nitrogens is 4. The number of fused-ring (bicyclic) bond motifs is 3. The van der Waals surface area contributed by atoms with E-state index in [2.05, 4.69) is 22.3 Å². The largest absolute Gasteiger partial charge is 0.468 e. The van der Waals surface area contributed by atoms with Crippen LogP contribution in [0.25, 0.3) is 16.6 Å². The van der Waals surface area contributed by atoms with E-state index in [0.717, 1.165) is 27.9 Å². The van der Waals surface area contributed by atoms with Crippen LogP contribution in [0.5, 0.6) is 0 Å². The second kappa shape index (κ2) is 7.13. The van der Waals surface area contributed by atoms with Gasteiger partial charge in [0.25, 0.3) is 0 Å². The molecule has 4 rings (SSSR count). The van der Waals surface area contributed by atoms with Crippen LogP contribution < -0.4 is 0 Å². The van der Waals surface area contributed by atoms with E-state index in [1.165, 1.54) is 18.9 Å². The fourth-order valence-corrected chi connectivity index (χ4v) is 3.58. The van der Waals surface area contributed by atoms with Gasteiger partial charge in [0, 0.05) is 11.8 Å². The summed E-state index contributed by atoms with van der Waals surface area (Å²) >= 11 is 1.30. The molecular weight excluding hydrogens is 348 g/mol. The highest BCUT2D eigenvalue weighted by molar-refractivity contribution is 7.99. The van der Waals surface area contributed by atoms with Crippen LogP contribution in [-0.4, -0.2) is 38.4 Å². The normalized spacial score (nSPS) is 11.1. The number of carbonyl (C=O) groups is 1. The Bertz CT molecular complexity index is 1080. The van der Waals surface area contributed by atoms with Gasteiger partial charge in [-0.3, -0.25) is 9.20 Å². The number of methoxy groups -OCH3 is 1. The maximum Gasteiger partial charge on any atom is 0.316 e.